The van der Waals surface area contributed by atoms with E-state index in [4.69, 9.17) is 4.52 Å². The molecule has 4 heteroatoms. The fourth-order valence-electron chi connectivity index (χ4n) is 3.58. The van der Waals surface area contributed by atoms with E-state index in [-0.39, 0.29) is 9.68 Å². The summed E-state index contributed by atoms with van der Waals surface area (Å²) in [7, 11) is -0.924. The molecule has 28 heavy (non-hydrogen) atoms. The van der Waals surface area contributed by atoms with Crippen LogP contribution in [0.4, 0.5) is 0 Å². The van der Waals surface area contributed by atoms with Crippen molar-refractivity contribution in [2.24, 2.45) is 0 Å². The second-order valence-corrected chi connectivity index (χ2v) is 11.0. The van der Waals surface area contributed by atoms with Crippen LogP contribution < -0.4 is 10.6 Å². The lowest BCUT2D eigenvalue weighted by atomic mass is 9.90. The minimum atomic E-state index is -0.924. The number of hydrogen-bond donors (Lipinski definition) is 0. The molecule has 1 heterocycles. The molecule has 1 aliphatic heterocycles. The average Bonchev–Trinajstić information content (AvgIpc) is 3.44. The Bertz CT molecular complexity index is 996. The van der Waals surface area contributed by atoms with Crippen LogP contribution in [0.25, 0.3) is 0 Å². The van der Waals surface area contributed by atoms with Gasteiger partial charge in [0.25, 0.3) is 0 Å². The van der Waals surface area contributed by atoms with E-state index in [1.807, 2.05) is 11.8 Å². The van der Waals surface area contributed by atoms with E-state index in [2.05, 4.69) is 125 Å². The summed E-state index contributed by atoms with van der Waals surface area (Å²) in [5.74, 6) is 0. The molecular weight excluding hydrogens is 447 g/mol. The Hall–Kier alpha value is -1.64. The lowest BCUT2D eigenvalue weighted by molar-refractivity contribution is 0.258. The highest BCUT2D eigenvalue weighted by Crippen LogP contribution is 2.76. The minimum Gasteiger partial charge on any atom is -0.326 e. The first-order valence-electron chi connectivity index (χ1n) is 9.15. The first kappa shape index (κ1) is 18.4. The Morgan fingerprint density at radius 1 is 0.714 bits per heavy atom. The van der Waals surface area contributed by atoms with E-state index < -0.39 is 8.15 Å². The molecule has 3 aromatic rings. The van der Waals surface area contributed by atoms with Crippen LogP contribution >= 0.6 is 35.8 Å². The lowest BCUT2D eigenvalue weighted by Gasteiger charge is -2.27. The Kier molecular flexibility index (Phi) is 4.80. The van der Waals surface area contributed by atoms with Gasteiger partial charge >= 0.3 is 0 Å². The molecule has 0 amide bonds. The van der Waals surface area contributed by atoms with Gasteiger partial charge in [0.05, 0.1) is 8.15 Å². The third-order valence-corrected chi connectivity index (χ3v) is 9.32. The third kappa shape index (κ3) is 3.11. The van der Waals surface area contributed by atoms with Crippen LogP contribution in [0.2, 0.25) is 0 Å². The molecule has 1 nitrogen and oxygen atoms in total. The van der Waals surface area contributed by atoms with E-state index in [1.165, 1.54) is 16.2 Å². The lowest BCUT2D eigenvalue weighted by Crippen LogP contribution is -2.27. The van der Waals surface area contributed by atoms with E-state index in [0.717, 1.165) is 4.47 Å². The van der Waals surface area contributed by atoms with Gasteiger partial charge in [-0.05, 0) is 23.8 Å². The number of benzene rings is 3. The summed E-state index contributed by atoms with van der Waals surface area (Å²) >= 11 is 5.42. The van der Waals surface area contributed by atoms with Crippen molar-refractivity contribution in [1.29, 1.82) is 0 Å². The van der Waals surface area contributed by atoms with Crippen molar-refractivity contribution in [2.45, 2.75) is 9.68 Å². The van der Waals surface area contributed by atoms with Crippen molar-refractivity contribution >= 4 is 46.4 Å². The van der Waals surface area contributed by atoms with E-state index >= 15 is 0 Å². The van der Waals surface area contributed by atoms with Crippen molar-refractivity contribution in [2.75, 3.05) is 0 Å². The maximum Gasteiger partial charge on any atom is 0.161 e. The second-order valence-electron chi connectivity index (χ2n) is 6.79. The number of rotatable bonds is 5. The van der Waals surface area contributed by atoms with Gasteiger partial charge in [0.1, 0.15) is 4.75 Å². The fraction of sp³-hybridized carbons (Fsp3) is 0.0833. The molecule has 0 N–H and O–H groups in total. The van der Waals surface area contributed by atoms with Crippen LogP contribution in [0.3, 0.4) is 0 Å². The van der Waals surface area contributed by atoms with Gasteiger partial charge in [0.2, 0.25) is 0 Å². The van der Waals surface area contributed by atoms with Gasteiger partial charge in [-0.1, -0.05) is 107 Å². The highest BCUT2D eigenvalue weighted by Gasteiger charge is 2.70. The van der Waals surface area contributed by atoms with Crippen molar-refractivity contribution in [1.82, 2.24) is 0 Å². The molecule has 0 bridgehead atoms. The SMILES string of the molecule is Brc1ccc(C23C=CC=CC2(OP(c2ccccc2)c2ccccc2)S3)cc1. The maximum absolute atomic E-state index is 6.99. The second kappa shape index (κ2) is 7.31. The molecule has 1 aliphatic carbocycles. The molecule has 0 aromatic heterocycles. The fourth-order valence-corrected chi connectivity index (χ4v) is 7.42. The molecule has 1 fully saturated rings. The highest BCUT2D eigenvalue weighted by atomic mass is 79.9. The minimum absolute atomic E-state index is 0.160. The van der Waals surface area contributed by atoms with Gasteiger partial charge in [0, 0.05) is 15.1 Å². The first-order chi connectivity index (χ1) is 13.7. The van der Waals surface area contributed by atoms with Crippen LogP contribution in [0.1, 0.15) is 5.56 Å². The Labute approximate surface area is 179 Å². The zero-order valence-corrected chi connectivity index (χ0v) is 18.3. The summed E-state index contributed by atoms with van der Waals surface area (Å²) in [4.78, 5) is -0.368. The molecule has 2 atom stereocenters. The third-order valence-electron chi connectivity index (χ3n) is 5.03. The molecule has 5 rings (SSSR count). The standard InChI is InChI=1S/C24H18BrOPS/c25-20-15-13-19(14-16-20)23-17-7-8-18-24(23,28-23)26-27(21-9-3-1-4-10-21)22-11-5-2-6-12-22/h1-18H. The molecule has 3 aromatic carbocycles. The number of hydrogen-bond acceptors (Lipinski definition) is 2. The van der Waals surface area contributed by atoms with Gasteiger partial charge in [-0.15, -0.1) is 11.8 Å². The van der Waals surface area contributed by atoms with Crippen LogP contribution in [0, 0.1) is 0 Å². The van der Waals surface area contributed by atoms with E-state index in [0.29, 0.717) is 0 Å². The van der Waals surface area contributed by atoms with Crippen LogP contribution in [0.15, 0.2) is 114 Å². The average molecular weight is 465 g/mol. The van der Waals surface area contributed by atoms with Gasteiger partial charge in [-0.3, -0.25) is 0 Å². The highest BCUT2D eigenvalue weighted by molar-refractivity contribution is 9.10. The molecule has 0 radical (unpaired) electrons. The van der Waals surface area contributed by atoms with E-state index in [1.54, 1.807) is 0 Å². The summed E-state index contributed by atoms with van der Waals surface area (Å²) in [6.45, 7) is 0. The van der Waals surface area contributed by atoms with Gasteiger partial charge in [0.15, 0.2) is 4.93 Å². The predicted octanol–water partition coefficient (Wildman–Crippen LogP) is 6.28. The first-order valence-corrected chi connectivity index (χ1v) is 12.0. The Morgan fingerprint density at radius 3 is 1.89 bits per heavy atom. The molecule has 0 saturated carbocycles. The van der Waals surface area contributed by atoms with Crippen molar-refractivity contribution in [3.05, 3.63) is 119 Å². The molecule has 0 spiro atoms. The van der Waals surface area contributed by atoms with Gasteiger partial charge in [-0.2, -0.15) is 0 Å². The predicted molar refractivity (Wildman–Crippen MR) is 125 cm³/mol. The quantitative estimate of drug-likeness (QED) is 0.324. The summed E-state index contributed by atoms with van der Waals surface area (Å²) < 4.78 is 7.92. The molecule has 2 aliphatic rings. The van der Waals surface area contributed by atoms with Gasteiger partial charge < -0.3 is 4.52 Å². The summed E-state index contributed by atoms with van der Waals surface area (Å²) in [5.41, 5.74) is 1.28. The molecular formula is C24H18BrOPS. The Morgan fingerprint density at radius 2 is 1.29 bits per heavy atom. The van der Waals surface area contributed by atoms with Gasteiger partial charge in [-0.25, -0.2) is 0 Å². The zero-order chi connectivity index (χ0) is 19.0. The normalized spacial score (nSPS) is 24.9. The van der Waals surface area contributed by atoms with Crippen LogP contribution in [0.5, 0.6) is 0 Å². The van der Waals surface area contributed by atoms with Crippen molar-refractivity contribution < 1.29 is 4.52 Å². The summed E-state index contributed by atoms with van der Waals surface area (Å²) in [6.07, 6.45) is 8.75. The van der Waals surface area contributed by atoms with Crippen LogP contribution in [-0.4, -0.2) is 4.93 Å². The summed E-state index contributed by atoms with van der Waals surface area (Å²) in [5, 5.41) is 2.47. The summed E-state index contributed by atoms with van der Waals surface area (Å²) in [6, 6.07) is 29.8. The number of fused-ring (bicyclic) bond motifs is 1. The van der Waals surface area contributed by atoms with E-state index in [9.17, 15) is 0 Å². The topological polar surface area (TPSA) is 9.23 Å². The van der Waals surface area contributed by atoms with Crippen molar-refractivity contribution in [3.8, 4) is 0 Å². The smallest absolute Gasteiger partial charge is 0.161 e. The maximum atomic E-state index is 6.99. The molecule has 138 valence electrons. The zero-order valence-electron chi connectivity index (χ0n) is 15.0. The number of halogens is 1. The monoisotopic (exact) mass is 464 g/mol. The number of thioether (sulfide) groups is 1. The van der Waals surface area contributed by atoms with Crippen LogP contribution in [-0.2, 0) is 9.27 Å². The number of allylic oxidation sites excluding steroid dienone is 2. The molecule has 1 saturated heterocycles. The molecule has 2 unspecified atom stereocenters. The largest absolute Gasteiger partial charge is 0.326 e. The van der Waals surface area contributed by atoms with Crippen molar-refractivity contribution in [3.63, 3.8) is 0 Å². The Balaban J connectivity index is 1.55.